The van der Waals surface area contributed by atoms with Gasteiger partial charge in [-0.15, -0.1) is 10.2 Å². The Morgan fingerprint density at radius 2 is 1.81 bits per heavy atom. The number of benzene rings is 2. The number of amides is 1. The highest BCUT2D eigenvalue weighted by Gasteiger charge is 2.26. The summed E-state index contributed by atoms with van der Waals surface area (Å²) < 4.78 is 6.21. The van der Waals surface area contributed by atoms with E-state index in [0.717, 1.165) is 64.5 Å². The fourth-order valence-corrected chi connectivity index (χ4v) is 4.26. The minimum absolute atomic E-state index is 0.00540. The second-order valence-corrected chi connectivity index (χ2v) is 8.63. The van der Waals surface area contributed by atoms with E-state index in [1.807, 2.05) is 61.5 Å². The van der Waals surface area contributed by atoms with Gasteiger partial charge in [0, 0.05) is 34.7 Å². The molecule has 1 fully saturated rings. The van der Waals surface area contributed by atoms with Gasteiger partial charge in [-0.25, -0.2) is 0 Å². The maximum absolute atomic E-state index is 12.7. The van der Waals surface area contributed by atoms with Gasteiger partial charge in [0.2, 0.25) is 5.91 Å². The molecule has 0 saturated carbocycles. The van der Waals surface area contributed by atoms with Crippen molar-refractivity contribution in [1.29, 1.82) is 0 Å². The number of piperidine rings is 1. The molecule has 0 radical (unpaired) electrons. The molecule has 0 unspecified atom stereocenters. The first-order chi connectivity index (χ1) is 15.0. The Bertz CT molecular complexity index is 1050. The second kappa shape index (κ2) is 9.47. The van der Waals surface area contributed by atoms with Gasteiger partial charge >= 0.3 is 0 Å². The van der Waals surface area contributed by atoms with Crippen LogP contribution in [0.25, 0.3) is 11.3 Å². The van der Waals surface area contributed by atoms with E-state index < -0.39 is 0 Å². The van der Waals surface area contributed by atoms with Crippen LogP contribution in [0.3, 0.4) is 0 Å². The number of ether oxygens (including phenoxy) is 1. The van der Waals surface area contributed by atoms with E-state index in [9.17, 15) is 4.79 Å². The standard InChI is InChI=1S/C24H25BrN4O2/c1-16-15-19(25)5-8-21(16)26-24(30)18-11-13-29(14-12-18)23-10-9-22(27-28-23)17-3-6-20(31-2)7-4-17/h3-10,15,18H,11-14H2,1-2H3,(H,26,30). The van der Waals surface area contributed by atoms with Crippen LogP contribution >= 0.6 is 15.9 Å². The average molecular weight is 481 g/mol. The molecular formula is C24H25BrN4O2. The minimum atomic E-state index is 0.00540. The molecule has 0 bridgehead atoms. The van der Waals surface area contributed by atoms with Crippen molar-refractivity contribution in [2.24, 2.45) is 5.92 Å². The lowest BCUT2D eigenvalue weighted by molar-refractivity contribution is -0.120. The van der Waals surface area contributed by atoms with E-state index in [1.54, 1.807) is 7.11 Å². The first kappa shape index (κ1) is 21.3. The maximum Gasteiger partial charge on any atom is 0.227 e. The molecule has 2 heterocycles. The molecule has 1 saturated heterocycles. The molecule has 0 atom stereocenters. The number of anilines is 2. The zero-order valence-electron chi connectivity index (χ0n) is 17.6. The molecule has 1 aliphatic heterocycles. The fraction of sp³-hybridized carbons (Fsp3) is 0.292. The lowest BCUT2D eigenvalue weighted by atomic mass is 9.95. The predicted octanol–water partition coefficient (Wildman–Crippen LogP) is 5.08. The predicted molar refractivity (Wildman–Crippen MR) is 126 cm³/mol. The summed E-state index contributed by atoms with van der Waals surface area (Å²) in [5.41, 5.74) is 3.74. The number of aromatic nitrogens is 2. The number of nitrogens with one attached hydrogen (secondary N) is 1. The summed E-state index contributed by atoms with van der Waals surface area (Å²) in [4.78, 5) is 14.9. The summed E-state index contributed by atoms with van der Waals surface area (Å²) in [5.74, 6) is 1.76. The van der Waals surface area contributed by atoms with Gasteiger partial charge in [-0.05, 0) is 79.9 Å². The van der Waals surface area contributed by atoms with Crippen LogP contribution in [0.15, 0.2) is 59.1 Å². The van der Waals surface area contributed by atoms with Crippen LogP contribution in [0, 0.1) is 12.8 Å². The van der Waals surface area contributed by atoms with E-state index in [4.69, 9.17) is 4.74 Å². The van der Waals surface area contributed by atoms with Crippen LogP contribution in [0.5, 0.6) is 5.75 Å². The van der Waals surface area contributed by atoms with Crippen LogP contribution in [0.4, 0.5) is 11.5 Å². The topological polar surface area (TPSA) is 67.3 Å². The van der Waals surface area contributed by atoms with Crippen molar-refractivity contribution >= 4 is 33.3 Å². The number of aryl methyl sites for hydroxylation is 1. The summed E-state index contributed by atoms with van der Waals surface area (Å²) in [6, 6.07) is 17.6. The summed E-state index contributed by atoms with van der Waals surface area (Å²) in [6.45, 7) is 3.57. The van der Waals surface area contributed by atoms with Gasteiger partial charge in [-0.2, -0.15) is 0 Å². The van der Waals surface area contributed by atoms with Crippen LogP contribution in [0.2, 0.25) is 0 Å². The first-order valence-electron chi connectivity index (χ1n) is 10.3. The van der Waals surface area contributed by atoms with Crippen molar-refractivity contribution in [3.63, 3.8) is 0 Å². The van der Waals surface area contributed by atoms with Gasteiger partial charge in [0.25, 0.3) is 0 Å². The van der Waals surface area contributed by atoms with E-state index in [0.29, 0.717) is 0 Å². The Balaban J connectivity index is 1.34. The third-order valence-electron chi connectivity index (χ3n) is 5.67. The molecule has 3 aromatic rings. The van der Waals surface area contributed by atoms with Crippen molar-refractivity contribution in [3.8, 4) is 17.0 Å². The van der Waals surface area contributed by atoms with Crippen molar-refractivity contribution in [2.45, 2.75) is 19.8 Å². The quantitative estimate of drug-likeness (QED) is 0.551. The van der Waals surface area contributed by atoms with Crippen molar-refractivity contribution in [1.82, 2.24) is 10.2 Å². The largest absolute Gasteiger partial charge is 0.497 e. The SMILES string of the molecule is COc1ccc(-c2ccc(N3CCC(C(=O)Nc4ccc(Br)cc4C)CC3)nn2)cc1. The number of nitrogens with zero attached hydrogens (tertiary/aromatic N) is 3. The van der Waals surface area contributed by atoms with Crippen LogP contribution in [-0.4, -0.2) is 36.3 Å². The van der Waals surface area contributed by atoms with Crippen LogP contribution in [0.1, 0.15) is 18.4 Å². The number of hydrogen-bond donors (Lipinski definition) is 1. The molecule has 1 aromatic heterocycles. The summed E-state index contributed by atoms with van der Waals surface area (Å²) in [5, 5.41) is 11.9. The number of rotatable bonds is 5. The zero-order valence-corrected chi connectivity index (χ0v) is 19.2. The zero-order chi connectivity index (χ0) is 21.8. The lowest BCUT2D eigenvalue weighted by Crippen LogP contribution is -2.38. The Morgan fingerprint density at radius 3 is 2.42 bits per heavy atom. The van der Waals surface area contributed by atoms with Crippen molar-refractivity contribution in [2.75, 3.05) is 30.4 Å². The summed E-state index contributed by atoms with van der Waals surface area (Å²) in [6.07, 6.45) is 1.59. The number of methoxy groups -OCH3 is 1. The highest BCUT2D eigenvalue weighted by Crippen LogP contribution is 2.26. The molecule has 6 nitrogen and oxygen atoms in total. The molecule has 1 N–H and O–H groups in total. The molecule has 1 aliphatic rings. The van der Waals surface area contributed by atoms with Gasteiger partial charge in [-0.3, -0.25) is 4.79 Å². The number of hydrogen-bond acceptors (Lipinski definition) is 5. The van der Waals surface area contributed by atoms with Gasteiger partial charge in [0.15, 0.2) is 5.82 Å². The lowest BCUT2D eigenvalue weighted by Gasteiger charge is -2.32. The third-order valence-corrected chi connectivity index (χ3v) is 6.17. The van der Waals surface area contributed by atoms with Gasteiger partial charge in [0.1, 0.15) is 5.75 Å². The van der Waals surface area contributed by atoms with Gasteiger partial charge in [-0.1, -0.05) is 15.9 Å². The van der Waals surface area contributed by atoms with Crippen LogP contribution in [-0.2, 0) is 4.79 Å². The third kappa shape index (κ3) is 5.05. The molecule has 160 valence electrons. The monoisotopic (exact) mass is 480 g/mol. The smallest absolute Gasteiger partial charge is 0.227 e. The van der Waals surface area contributed by atoms with E-state index in [-0.39, 0.29) is 11.8 Å². The average Bonchev–Trinajstić information content (AvgIpc) is 2.81. The molecular weight excluding hydrogens is 456 g/mol. The van der Waals surface area contributed by atoms with Gasteiger partial charge in [0.05, 0.1) is 12.8 Å². The molecule has 4 rings (SSSR count). The normalized spacial score (nSPS) is 14.4. The summed E-state index contributed by atoms with van der Waals surface area (Å²) in [7, 11) is 1.65. The molecule has 7 heteroatoms. The Morgan fingerprint density at radius 1 is 1.06 bits per heavy atom. The van der Waals surface area contributed by atoms with E-state index in [1.165, 1.54) is 0 Å². The van der Waals surface area contributed by atoms with E-state index >= 15 is 0 Å². The van der Waals surface area contributed by atoms with Gasteiger partial charge < -0.3 is 15.0 Å². The second-order valence-electron chi connectivity index (χ2n) is 7.72. The number of carbonyl (C=O) groups is 1. The van der Waals surface area contributed by atoms with Crippen LogP contribution < -0.4 is 15.0 Å². The Labute approximate surface area is 190 Å². The molecule has 2 aromatic carbocycles. The first-order valence-corrected chi connectivity index (χ1v) is 11.1. The number of carbonyl (C=O) groups excluding carboxylic acids is 1. The van der Waals surface area contributed by atoms with Crippen molar-refractivity contribution in [3.05, 3.63) is 64.6 Å². The highest BCUT2D eigenvalue weighted by atomic mass is 79.9. The highest BCUT2D eigenvalue weighted by molar-refractivity contribution is 9.10. The molecule has 31 heavy (non-hydrogen) atoms. The molecule has 0 aliphatic carbocycles. The Kier molecular flexibility index (Phi) is 6.51. The summed E-state index contributed by atoms with van der Waals surface area (Å²) >= 11 is 3.46. The van der Waals surface area contributed by atoms with Crippen molar-refractivity contribution < 1.29 is 9.53 Å². The van der Waals surface area contributed by atoms with E-state index in [2.05, 4.69) is 36.3 Å². The maximum atomic E-state index is 12.7. The molecule has 0 spiro atoms. The molecule has 1 amide bonds. The Hall–Kier alpha value is -2.93. The minimum Gasteiger partial charge on any atom is -0.497 e. The fourth-order valence-electron chi connectivity index (χ4n) is 3.78. The number of halogens is 1.